The summed E-state index contributed by atoms with van der Waals surface area (Å²) in [4.78, 5) is 11.8. The molecule has 0 radical (unpaired) electrons. The lowest BCUT2D eigenvalue weighted by Crippen LogP contribution is -2.34. The van der Waals surface area contributed by atoms with Crippen molar-refractivity contribution in [3.8, 4) is 0 Å². The molecular weight excluding hydrogens is 247 g/mol. The molecule has 0 aliphatic rings. The van der Waals surface area contributed by atoms with Gasteiger partial charge in [0, 0.05) is 19.3 Å². The van der Waals surface area contributed by atoms with Gasteiger partial charge in [-0.2, -0.15) is 18.3 Å². The normalized spacial score (nSPS) is 11.9. The first-order valence-electron chi connectivity index (χ1n) is 5.71. The number of aryl methyl sites for hydroxylation is 1. The van der Waals surface area contributed by atoms with Gasteiger partial charge < -0.3 is 5.32 Å². The lowest BCUT2D eigenvalue weighted by molar-refractivity contribution is -0.141. The summed E-state index contributed by atoms with van der Waals surface area (Å²) >= 11 is 0. The molecule has 0 aliphatic heterocycles. The molecule has 1 amide bonds. The Labute approximate surface area is 103 Å². The Kier molecular flexibility index (Phi) is 4.37. The minimum Gasteiger partial charge on any atom is -0.349 e. The Morgan fingerprint density at radius 3 is 2.44 bits per heavy atom. The highest BCUT2D eigenvalue weighted by Crippen LogP contribution is 2.30. The van der Waals surface area contributed by atoms with Gasteiger partial charge in [0.2, 0.25) is 0 Å². The molecule has 7 heteroatoms. The molecule has 0 unspecified atom stereocenters. The SMILES string of the molecule is CCC(CC)NC(=O)c1cn(C)nc1C(F)(F)F. The molecule has 0 fully saturated rings. The summed E-state index contributed by atoms with van der Waals surface area (Å²) in [6.07, 6.45) is -2.20. The molecule has 0 bridgehead atoms. The number of nitrogens with zero attached hydrogens (tertiary/aromatic N) is 2. The van der Waals surface area contributed by atoms with Crippen LogP contribution in [0.3, 0.4) is 0 Å². The molecule has 102 valence electrons. The lowest BCUT2D eigenvalue weighted by atomic mass is 10.1. The highest BCUT2D eigenvalue weighted by molar-refractivity contribution is 5.95. The van der Waals surface area contributed by atoms with E-state index >= 15 is 0 Å². The summed E-state index contributed by atoms with van der Waals surface area (Å²) in [7, 11) is 1.35. The molecule has 0 aliphatic carbocycles. The zero-order chi connectivity index (χ0) is 13.9. The van der Waals surface area contributed by atoms with Gasteiger partial charge in [0.15, 0.2) is 5.69 Å². The van der Waals surface area contributed by atoms with Crippen LogP contribution in [0.1, 0.15) is 42.7 Å². The van der Waals surface area contributed by atoms with E-state index in [1.165, 1.54) is 7.05 Å². The van der Waals surface area contributed by atoms with Crippen molar-refractivity contribution >= 4 is 5.91 Å². The average Bonchev–Trinajstić information content (AvgIpc) is 2.67. The topological polar surface area (TPSA) is 46.9 Å². The van der Waals surface area contributed by atoms with Crippen LogP contribution in [0.2, 0.25) is 0 Å². The molecule has 0 atom stereocenters. The molecule has 0 aromatic carbocycles. The molecule has 0 saturated carbocycles. The maximum Gasteiger partial charge on any atom is 0.435 e. The highest BCUT2D eigenvalue weighted by Gasteiger charge is 2.39. The van der Waals surface area contributed by atoms with Gasteiger partial charge in [-0.1, -0.05) is 13.8 Å². The average molecular weight is 263 g/mol. The van der Waals surface area contributed by atoms with Gasteiger partial charge >= 0.3 is 6.18 Å². The fraction of sp³-hybridized carbons (Fsp3) is 0.636. The van der Waals surface area contributed by atoms with Crippen LogP contribution < -0.4 is 5.32 Å². The van der Waals surface area contributed by atoms with Crippen LogP contribution in [-0.4, -0.2) is 21.7 Å². The van der Waals surface area contributed by atoms with Gasteiger partial charge in [0.25, 0.3) is 5.91 Å². The Morgan fingerprint density at radius 2 is 2.00 bits per heavy atom. The third-order valence-corrected chi connectivity index (χ3v) is 2.66. The number of rotatable bonds is 4. The molecule has 1 rings (SSSR count). The molecule has 1 heterocycles. The van der Waals surface area contributed by atoms with Crippen LogP contribution in [0.5, 0.6) is 0 Å². The van der Waals surface area contributed by atoms with Gasteiger partial charge in [0.1, 0.15) is 0 Å². The third kappa shape index (κ3) is 3.24. The second kappa shape index (κ2) is 5.41. The van der Waals surface area contributed by atoms with E-state index in [1.54, 1.807) is 0 Å². The summed E-state index contributed by atoms with van der Waals surface area (Å²) in [5.41, 5.74) is -1.58. The van der Waals surface area contributed by atoms with Crippen molar-refractivity contribution in [2.75, 3.05) is 0 Å². The molecule has 1 aromatic heterocycles. The minimum atomic E-state index is -4.62. The predicted molar refractivity (Wildman–Crippen MR) is 60.0 cm³/mol. The van der Waals surface area contributed by atoms with Crippen LogP contribution in [0.15, 0.2) is 6.20 Å². The standard InChI is InChI=1S/C11H16F3N3O/c1-4-7(5-2)15-10(18)8-6-17(3)16-9(8)11(12,13)14/h6-7H,4-5H2,1-3H3,(H,15,18). The molecule has 1 aromatic rings. The number of aromatic nitrogens is 2. The molecule has 0 spiro atoms. The van der Waals surface area contributed by atoms with Crippen LogP contribution in [0.4, 0.5) is 13.2 Å². The van der Waals surface area contributed by atoms with Gasteiger partial charge in [0.05, 0.1) is 5.56 Å². The van der Waals surface area contributed by atoms with E-state index in [9.17, 15) is 18.0 Å². The highest BCUT2D eigenvalue weighted by atomic mass is 19.4. The minimum absolute atomic E-state index is 0.126. The molecule has 0 saturated heterocycles. The van der Waals surface area contributed by atoms with Crippen LogP contribution in [0, 0.1) is 0 Å². The van der Waals surface area contributed by atoms with Crippen molar-refractivity contribution in [3.63, 3.8) is 0 Å². The van der Waals surface area contributed by atoms with Crippen LogP contribution >= 0.6 is 0 Å². The first kappa shape index (κ1) is 14.5. The quantitative estimate of drug-likeness (QED) is 0.906. The number of nitrogens with one attached hydrogen (secondary N) is 1. The smallest absolute Gasteiger partial charge is 0.349 e. The van der Waals surface area contributed by atoms with Crippen molar-refractivity contribution in [2.24, 2.45) is 7.05 Å². The Balaban J connectivity index is 2.99. The van der Waals surface area contributed by atoms with Crippen molar-refractivity contribution in [2.45, 2.75) is 38.9 Å². The second-order valence-electron chi connectivity index (χ2n) is 4.05. The number of amides is 1. The van der Waals surface area contributed by atoms with Gasteiger partial charge in [-0.25, -0.2) is 0 Å². The number of hydrogen-bond acceptors (Lipinski definition) is 2. The van der Waals surface area contributed by atoms with E-state index < -0.39 is 23.3 Å². The maximum atomic E-state index is 12.7. The Hall–Kier alpha value is -1.53. The number of carbonyl (C=O) groups excluding carboxylic acids is 1. The largest absolute Gasteiger partial charge is 0.435 e. The van der Waals surface area contributed by atoms with Crippen LogP contribution in [0.25, 0.3) is 0 Å². The molecule has 18 heavy (non-hydrogen) atoms. The summed E-state index contributed by atoms with van der Waals surface area (Å²) in [5.74, 6) is -0.732. The predicted octanol–water partition coefficient (Wildman–Crippen LogP) is 2.36. The number of halogens is 3. The zero-order valence-corrected chi connectivity index (χ0v) is 10.5. The number of carbonyl (C=O) groups is 1. The van der Waals surface area contributed by atoms with E-state index in [-0.39, 0.29) is 6.04 Å². The number of hydrogen-bond donors (Lipinski definition) is 1. The third-order valence-electron chi connectivity index (χ3n) is 2.66. The second-order valence-corrected chi connectivity index (χ2v) is 4.05. The van der Waals surface area contributed by atoms with E-state index in [4.69, 9.17) is 0 Å². The first-order valence-corrected chi connectivity index (χ1v) is 5.71. The van der Waals surface area contributed by atoms with E-state index in [0.717, 1.165) is 10.9 Å². The first-order chi connectivity index (χ1) is 8.29. The lowest BCUT2D eigenvalue weighted by Gasteiger charge is -2.14. The van der Waals surface area contributed by atoms with Crippen molar-refractivity contribution in [1.29, 1.82) is 0 Å². The molecular formula is C11H16F3N3O. The Morgan fingerprint density at radius 1 is 1.44 bits per heavy atom. The van der Waals surface area contributed by atoms with Crippen LogP contribution in [-0.2, 0) is 13.2 Å². The van der Waals surface area contributed by atoms with Gasteiger partial charge in [-0.15, -0.1) is 0 Å². The van der Waals surface area contributed by atoms with E-state index in [1.807, 2.05) is 13.8 Å². The van der Waals surface area contributed by atoms with Crippen molar-refractivity contribution < 1.29 is 18.0 Å². The summed E-state index contributed by atoms with van der Waals surface area (Å²) in [5, 5.41) is 5.86. The fourth-order valence-electron chi connectivity index (χ4n) is 1.62. The number of alkyl halides is 3. The maximum absolute atomic E-state index is 12.7. The summed E-state index contributed by atoms with van der Waals surface area (Å²) in [6, 6.07) is -0.126. The monoisotopic (exact) mass is 263 g/mol. The van der Waals surface area contributed by atoms with E-state index in [2.05, 4.69) is 10.4 Å². The zero-order valence-electron chi connectivity index (χ0n) is 10.5. The van der Waals surface area contributed by atoms with E-state index in [0.29, 0.717) is 12.8 Å². The van der Waals surface area contributed by atoms with Gasteiger partial charge in [-0.05, 0) is 12.8 Å². The molecule has 1 N–H and O–H groups in total. The Bertz CT molecular complexity index is 422. The molecule has 4 nitrogen and oxygen atoms in total. The fourth-order valence-corrected chi connectivity index (χ4v) is 1.62. The summed E-state index contributed by atoms with van der Waals surface area (Å²) < 4.78 is 39.0. The van der Waals surface area contributed by atoms with Gasteiger partial charge in [-0.3, -0.25) is 9.48 Å². The summed E-state index contributed by atoms with van der Waals surface area (Å²) in [6.45, 7) is 3.73. The van der Waals surface area contributed by atoms with Crippen molar-refractivity contribution in [1.82, 2.24) is 15.1 Å². The van der Waals surface area contributed by atoms with Crippen molar-refractivity contribution in [3.05, 3.63) is 17.5 Å².